The van der Waals surface area contributed by atoms with Crippen molar-refractivity contribution in [3.8, 4) is 0 Å². The van der Waals surface area contributed by atoms with E-state index >= 15 is 0 Å². The summed E-state index contributed by atoms with van der Waals surface area (Å²) >= 11 is 0. The smallest absolute Gasteiger partial charge is 0.410 e. The number of ether oxygens (including phenoxy) is 4. The molecule has 1 N–H and O–H groups in total. The van der Waals surface area contributed by atoms with Gasteiger partial charge < -0.3 is 29.2 Å². The molecule has 2 aliphatic heterocycles. The third-order valence-electron chi connectivity index (χ3n) is 8.09. The fourth-order valence-electron chi connectivity index (χ4n) is 5.79. The summed E-state index contributed by atoms with van der Waals surface area (Å²) in [5, 5.41) is 2.95. The van der Waals surface area contributed by atoms with Gasteiger partial charge >= 0.3 is 18.0 Å². The van der Waals surface area contributed by atoms with Crippen molar-refractivity contribution >= 4 is 29.6 Å². The minimum atomic E-state index is -0.345. The minimum absolute atomic E-state index is 0.0991. The molecule has 0 spiro atoms. The lowest BCUT2D eigenvalue weighted by atomic mass is 9.89. The summed E-state index contributed by atoms with van der Waals surface area (Å²) in [5.74, 6) is -0.772. The van der Waals surface area contributed by atoms with E-state index in [0.717, 1.165) is 29.7 Å². The molecule has 2 amide bonds. The first kappa shape index (κ1) is 33.9. The number of likely N-dealkylation sites (tertiary alicyclic amines) is 1. The van der Waals surface area contributed by atoms with Gasteiger partial charge in [0.25, 0.3) is 0 Å². The number of carbonyl (C=O) groups excluding carboxylic acids is 4. The van der Waals surface area contributed by atoms with Crippen molar-refractivity contribution in [3.63, 3.8) is 0 Å². The second-order valence-corrected chi connectivity index (χ2v) is 11.2. The summed E-state index contributed by atoms with van der Waals surface area (Å²) in [6.07, 6.45) is 2.62. The van der Waals surface area contributed by atoms with Gasteiger partial charge in [-0.05, 0) is 68.4 Å². The maximum absolute atomic E-state index is 12.8. The van der Waals surface area contributed by atoms with Crippen molar-refractivity contribution in [2.75, 3.05) is 51.3 Å². The molecule has 2 aliphatic rings. The van der Waals surface area contributed by atoms with Crippen molar-refractivity contribution in [1.82, 2.24) is 9.80 Å². The quantitative estimate of drug-likeness (QED) is 0.237. The SMILES string of the molecule is CCOC(=O)CCC1c2cc(NC(=O)COC3CCN(C(=O)OCc4ccccc4)CC3)ccc2CCN1CCC(=O)OCC. The molecular weight excluding hydrogens is 578 g/mol. The molecule has 11 nitrogen and oxygen atoms in total. The third-order valence-corrected chi connectivity index (χ3v) is 8.09. The molecule has 0 bridgehead atoms. The summed E-state index contributed by atoms with van der Waals surface area (Å²) in [6, 6.07) is 15.3. The van der Waals surface area contributed by atoms with E-state index in [1.54, 1.807) is 18.7 Å². The molecule has 2 aromatic rings. The average Bonchev–Trinajstić information content (AvgIpc) is 3.05. The highest BCUT2D eigenvalue weighted by Gasteiger charge is 2.29. The normalized spacial score (nSPS) is 16.8. The summed E-state index contributed by atoms with van der Waals surface area (Å²) in [5.41, 5.74) is 3.76. The van der Waals surface area contributed by atoms with Crippen molar-refractivity contribution < 1.29 is 38.1 Å². The number of piperidine rings is 1. The van der Waals surface area contributed by atoms with Gasteiger partial charge in [0.1, 0.15) is 13.2 Å². The predicted molar refractivity (Wildman–Crippen MR) is 167 cm³/mol. The van der Waals surface area contributed by atoms with Crippen LogP contribution in [0.15, 0.2) is 48.5 Å². The van der Waals surface area contributed by atoms with Crippen molar-refractivity contribution in [3.05, 3.63) is 65.2 Å². The predicted octanol–water partition coefficient (Wildman–Crippen LogP) is 4.64. The van der Waals surface area contributed by atoms with Gasteiger partial charge in [-0.3, -0.25) is 19.3 Å². The Morgan fingerprint density at radius 3 is 2.29 bits per heavy atom. The molecule has 2 aromatic carbocycles. The number of hydrogen-bond donors (Lipinski definition) is 1. The Morgan fingerprint density at radius 2 is 1.58 bits per heavy atom. The van der Waals surface area contributed by atoms with Gasteiger partial charge in [-0.15, -0.1) is 0 Å². The Hall–Kier alpha value is -3.96. The second kappa shape index (κ2) is 17.5. The largest absolute Gasteiger partial charge is 0.466 e. The summed E-state index contributed by atoms with van der Waals surface area (Å²) in [4.78, 5) is 53.4. The van der Waals surface area contributed by atoms with Crippen LogP contribution in [0, 0.1) is 0 Å². The molecule has 11 heteroatoms. The topological polar surface area (TPSA) is 124 Å². The third kappa shape index (κ3) is 10.6. The Bertz CT molecular complexity index is 1280. The highest BCUT2D eigenvalue weighted by molar-refractivity contribution is 5.91. The van der Waals surface area contributed by atoms with E-state index in [9.17, 15) is 19.2 Å². The zero-order chi connectivity index (χ0) is 32.0. The lowest BCUT2D eigenvalue weighted by Crippen LogP contribution is -2.41. The molecule has 244 valence electrons. The molecule has 2 heterocycles. The van der Waals surface area contributed by atoms with Crippen LogP contribution in [0.25, 0.3) is 0 Å². The number of nitrogens with zero attached hydrogens (tertiary/aromatic N) is 2. The van der Waals surface area contributed by atoms with Gasteiger partial charge in [-0.25, -0.2) is 4.79 Å². The first-order valence-electron chi connectivity index (χ1n) is 15.9. The molecule has 1 atom stereocenters. The number of nitrogens with one attached hydrogen (secondary N) is 1. The number of hydrogen-bond acceptors (Lipinski definition) is 9. The maximum atomic E-state index is 12.8. The molecule has 1 unspecified atom stereocenters. The summed E-state index contributed by atoms with van der Waals surface area (Å²) in [6.45, 7) is 6.64. The van der Waals surface area contributed by atoms with Crippen LogP contribution in [0.1, 0.15) is 68.7 Å². The van der Waals surface area contributed by atoms with Crippen LogP contribution in [0.2, 0.25) is 0 Å². The molecule has 0 aliphatic carbocycles. The molecule has 0 radical (unpaired) electrons. The van der Waals surface area contributed by atoms with E-state index in [1.165, 1.54) is 0 Å². The molecule has 45 heavy (non-hydrogen) atoms. The van der Waals surface area contributed by atoms with Crippen molar-refractivity contribution in [2.45, 2.75) is 71.1 Å². The maximum Gasteiger partial charge on any atom is 0.410 e. The van der Waals surface area contributed by atoms with Gasteiger partial charge in [0.2, 0.25) is 5.91 Å². The minimum Gasteiger partial charge on any atom is -0.466 e. The van der Waals surface area contributed by atoms with Crippen LogP contribution in [-0.4, -0.2) is 85.8 Å². The molecule has 1 saturated heterocycles. The van der Waals surface area contributed by atoms with Crippen molar-refractivity contribution in [1.29, 1.82) is 0 Å². The Kier molecular flexibility index (Phi) is 13.2. The van der Waals surface area contributed by atoms with E-state index in [2.05, 4.69) is 10.2 Å². The van der Waals surface area contributed by atoms with Crippen LogP contribution in [0.5, 0.6) is 0 Å². The van der Waals surface area contributed by atoms with Gasteiger partial charge in [0, 0.05) is 44.3 Å². The van der Waals surface area contributed by atoms with Gasteiger partial charge in [0.05, 0.1) is 25.7 Å². The lowest BCUT2D eigenvalue weighted by molar-refractivity contribution is -0.145. The zero-order valence-corrected chi connectivity index (χ0v) is 26.3. The number of amides is 2. The van der Waals surface area contributed by atoms with Gasteiger partial charge in [-0.1, -0.05) is 36.4 Å². The Balaban J connectivity index is 1.27. The summed E-state index contributed by atoms with van der Waals surface area (Å²) < 4.78 is 21.6. The molecule has 1 fully saturated rings. The Morgan fingerprint density at radius 1 is 0.867 bits per heavy atom. The van der Waals surface area contributed by atoms with E-state index in [0.29, 0.717) is 57.8 Å². The van der Waals surface area contributed by atoms with Crippen LogP contribution >= 0.6 is 0 Å². The zero-order valence-electron chi connectivity index (χ0n) is 26.3. The van der Waals surface area contributed by atoms with Crippen LogP contribution in [0.3, 0.4) is 0 Å². The molecule has 4 rings (SSSR count). The average molecular weight is 624 g/mol. The van der Waals surface area contributed by atoms with E-state index in [1.807, 2.05) is 48.5 Å². The first-order valence-corrected chi connectivity index (χ1v) is 15.9. The summed E-state index contributed by atoms with van der Waals surface area (Å²) in [7, 11) is 0. The van der Waals surface area contributed by atoms with E-state index < -0.39 is 0 Å². The fraction of sp³-hybridized carbons (Fsp3) is 0.529. The van der Waals surface area contributed by atoms with Crippen LogP contribution in [-0.2, 0) is 46.4 Å². The molecule has 0 saturated carbocycles. The number of benzene rings is 2. The van der Waals surface area contributed by atoms with E-state index in [4.69, 9.17) is 18.9 Å². The highest BCUT2D eigenvalue weighted by atomic mass is 16.6. The standard InChI is InChI=1S/C34H45N3O8/c1-3-42-32(39)13-12-30-29-22-27(11-10-26(29)14-18-36(30)21-17-33(40)43-4-2)35-31(38)24-44-28-15-19-37(20-16-28)34(41)45-23-25-8-6-5-7-9-25/h5-11,22,28,30H,3-4,12-21,23-24H2,1-2H3,(H,35,38). The lowest BCUT2D eigenvalue weighted by Gasteiger charge is -2.37. The van der Waals surface area contributed by atoms with Crippen LogP contribution < -0.4 is 5.32 Å². The second-order valence-electron chi connectivity index (χ2n) is 11.2. The van der Waals surface area contributed by atoms with Gasteiger partial charge in [-0.2, -0.15) is 0 Å². The van der Waals surface area contributed by atoms with E-state index in [-0.39, 0.29) is 62.1 Å². The number of carbonyl (C=O) groups is 4. The first-order chi connectivity index (χ1) is 21.9. The monoisotopic (exact) mass is 623 g/mol. The van der Waals surface area contributed by atoms with Gasteiger partial charge in [0.15, 0.2) is 0 Å². The number of esters is 2. The number of fused-ring (bicyclic) bond motifs is 1. The number of anilines is 1. The Labute approximate surface area is 265 Å². The fourth-order valence-corrected chi connectivity index (χ4v) is 5.79. The molecule has 0 aromatic heterocycles. The highest BCUT2D eigenvalue weighted by Crippen LogP contribution is 2.35. The van der Waals surface area contributed by atoms with Crippen LogP contribution in [0.4, 0.5) is 10.5 Å². The number of rotatable bonds is 14. The van der Waals surface area contributed by atoms with Crippen molar-refractivity contribution in [2.24, 2.45) is 0 Å². The molecular formula is C34H45N3O8.